The molecule has 0 saturated heterocycles. The first-order valence-electron chi connectivity index (χ1n) is 4.21. The molecule has 0 aliphatic heterocycles. The van der Waals surface area contributed by atoms with Crippen molar-refractivity contribution in [2.75, 3.05) is 0 Å². The number of aromatic carboxylic acids is 1. The third kappa shape index (κ3) is 2.07. The fourth-order valence-electron chi connectivity index (χ4n) is 1.11. The summed E-state index contributed by atoms with van der Waals surface area (Å²) in [6, 6.07) is 0.996. The Morgan fingerprint density at radius 1 is 1.50 bits per heavy atom. The average molecular weight is 197 g/mol. The molecule has 1 N–H and O–H groups in total. The number of carboxylic acid groups (broad SMARTS) is 1. The van der Waals surface area contributed by atoms with Crippen LogP contribution in [0.1, 0.15) is 36.8 Å². The van der Waals surface area contributed by atoms with Crippen molar-refractivity contribution in [3.8, 4) is 0 Å². The van der Waals surface area contributed by atoms with E-state index in [0.29, 0.717) is 0 Å². The molecule has 0 saturated carbocycles. The largest absolute Gasteiger partial charge is 0.478 e. The highest BCUT2D eigenvalue weighted by atomic mass is 19.1. The first-order chi connectivity index (χ1) is 6.32. The Bertz CT molecular complexity index is 369. The molecule has 0 aromatic carbocycles. The van der Waals surface area contributed by atoms with E-state index in [1.807, 2.05) is 20.8 Å². The van der Waals surface area contributed by atoms with Gasteiger partial charge in [-0.3, -0.25) is 4.98 Å². The SMILES string of the molecule is CC(C)(C)c1ncc(C(=O)O)cc1F. The molecule has 1 heterocycles. The van der Waals surface area contributed by atoms with Crippen LogP contribution in [0.4, 0.5) is 4.39 Å². The van der Waals surface area contributed by atoms with Gasteiger partial charge in [0.1, 0.15) is 5.82 Å². The van der Waals surface area contributed by atoms with Crippen LogP contribution in [0.3, 0.4) is 0 Å². The molecule has 0 spiro atoms. The van der Waals surface area contributed by atoms with Crippen molar-refractivity contribution in [2.45, 2.75) is 26.2 Å². The molecule has 1 rings (SSSR count). The Kier molecular flexibility index (Phi) is 2.55. The summed E-state index contributed by atoms with van der Waals surface area (Å²) < 4.78 is 13.4. The zero-order chi connectivity index (χ0) is 10.9. The van der Waals surface area contributed by atoms with Crippen LogP contribution in [-0.4, -0.2) is 16.1 Å². The van der Waals surface area contributed by atoms with Crippen molar-refractivity contribution in [2.24, 2.45) is 0 Å². The lowest BCUT2D eigenvalue weighted by atomic mass is 9.91. The van der Waals surface area contributed by atoms with Crippen molar-refractivity contribution in [1.82, 2.24) is 4.98 Å². The van der Waals surface area contributed by atoms with Gasteiger partial charge < -0.3 is 5.11 Å². The van der Waals surface area contributed by atoms with Crippen molar-refractivity contribution in [1.29, 1.82) is 0 Å². The molecule has 0 unspecified atom stereocenters. The molecule has 0 aliphatic rings. The number of pyridine rings is 1. The molecule has 3 nitrogen and oxygen atoms in total. The molecule has 4 heteroatoms. The van der Waals surface area contributed by atoms with Crippen LogP contribution in [0.25, 0.3) is 0 Å². The van der Waals surface area contributed by atoms with E-state index in [1.165, 1.54) is 6.20 Å². The standard InChI is InChI=1S/C10H12FNO2/c1-10(2,3)8-7(11)4-6(5-12-8)9(13)14/h4-5H,1-3H3,(H,13,14). The second kappa shape index (κ2) is 3.36. The predicted octanol–water partition coefficient (Wildman–Crippen LogP) is 2.22. The summed E-state index contributed by atoms with van der Waals surface area (Å²) in [5.74, 6) is -1.74. The quantitative estimate of drug-likeness (QED) is 0.750. The van der Waals surface area contributed by atoms with Gasteiger partial charge in [-0.25, -0.2) is 9.18 Å². The minimum absolute atomic E-state index is 0.129. The minimum atomic E-state index is -1.17. The maximum absolute atomic E-state index is 13.4. The van der Waals surface area contributed by atoms with Crippen LogP contribution < -0.4 is 0 Å². The van der Waals surface area contributed by atoms with E-state index >= 15 is 0 Å². The lowest BCUT2D eigenvalue weighted by molar-refractivity contribution is 0.0695. The van der Waals surface area contributed by atoms with Crippen LogP contribution >= 0.6 is 0 Å². The zero-order valence-corrected chi connectivity index (χ0v) is 8.34. The summed E-state index contributed by atoms with van der Waals surface area (Å²) in [4.78, 5) is 14.3. The third-order valence-corrected chi connectivity index (χ3v) is 1.80. The van der Waals surface area contributed by atoms with Crippen molar-refractivity contribution in [3.63, 3.8) is 0 Å². The summed E-state index contributed by atoms with van der Waals surface area (Å²) in [7, 11) is 0. The van der Waals surface area contributed by atoms with E-state index in [1.54, 1.807) is 0 Å². The highest BCUT2D eigenvalue weighted by Gasteiger charge is 2.21. The zero-order valence-electron chi connectivity index (χ0n) is 8.34. The lowest BCUT2D eigenvalue weighted by Crippen LogP contribution is -2.16. The van der Waals surface area contributed by atoms with Crippen LogP contribution in [0.15, 0.2) is 12.3 Å². The monoisotopic (exact) mass is 197 g/mol. The fraction of sp³-hybridized carbons (Fsp3) is 0.400. The molecule has 1 aromatic heterocycles. The maximum Gasteiger partial charge on any atom is 0.337 e. The molecule has 0 fully saturated rings. The van der Waals surface area contributed by atoms with E-state index in [-0.39, 0.29) is 11.3 Å². The van der Waals surface area contributed by atoms with Gasteiger partial charge in [0.15, 0.2) is 0 Å². The normalized spacial score (nSPS) is 11.4. The molecule has 0 amide bonds. The van der Waals surface area contributed by atoms with Gasteiger partial charge in [0.25, 0.3) is 0 Å². The molecule has 0 bridgehead atoms. The van der Waals surface area contributed by atoms with Gasteiger partial charge in [-0.2, -0.15) is 0 Å². The van der Waals surface area contributed by atoms with E-state index < -0.39 is 17.2 Å². The number of carboxylic acids is 1. The van der Waals surface area contributed by atoms with E-state index in [0.717, 1.165) is 6.07 Å². The highest BCUT2D eigenvalue weighted by molar-refractivity contribution is 5.87. The smallest absolute Gasteiger partial charge is 0.337 e. The van der Waals surface area contributed by atoms with Gasteiger partial charge in [0.05, 0.1) is 11.3 Å². The molecular formula is C10H12FNO2. The number of rotatable bonds is 1. The number of halogens is 1. The molecule has 0 atom stereocenters. The van der Waals surface area contributed by atoms with Gasteiger partial charge in [-0.1, -0.05) is 20.8 Å². The molecule has 0 aliphatic carbocycles. The van der Waals surface area contributed by atoms with E-state index in [9.17, 15) is 9.18 Å². The van der Waals surface area contributed by atoms with Crippen molar-refractivity contribution >= 4 is 5.97 Å². The average Bonchev–Trinajstić information content (AvgIpc) is 2.01. The van der Waals surface area contributed by atoms with Crippen molar-refractivity contribution in [3.05, 3.63) is 29.3 Å². The van der Waals surface area contributed by atoms with Crippen LogP contribution in [0.5, 0.6) is 0 Å². The predicted molar refractivity (Wildman–Crippen MR) is 49.9 cm³/mol. The summed E-state index contributed by atoms with van der Waals surface area (Å²) in [6.07, 6.45) is 1.17. The van der Waals surface area contributed by atoms with Gasteiger partial charge in [0, 0.05) is 11.6 Å². The number of carbonyl (C=O) groups is 1. The van der Waals surface area contributed by atoms with Gasteiger partial charge >= 0.3 is 5.97 Å². The van der Waals surface area contributed by atoms with Gasteiger partial charge in [0.2, 0.25) is 0 Å². The Morgan fingerprint density at radius 2 is 2.07 bits per heavy atom. The Morgan fingerprint density at radius 3 is 2.43 bits per heavy atom. The number of aromatic nitrogens is 1. The second-order valence-electron chi connectivity index (χ2n) is 4.11. The summed E-state index contributed by atoms with van der Waals surface area (Å²) in [5, 5.41) is 8.60. The van der Waals surface area contributed by atoms with E-state index in [4.69, 9.17) is 5.11 Å². The lowest BCUT2D eigenvalue weighted by Gasteiger charge is -2.18. The number of nitrogens with zero attached hydrogens (tertiary/aromatic N) is 1. The summed E-state index contributed by atoms with van der Waals surface area (Å²) in [6.45, 7) is 5.45. The first kappa shape index (κ1) is 10.6. The second-order valence-corrected chi connectivity index (χ2v) is 4.11. The number of hydrogen-bond donors (Lipinski definition) is 1. The fourth-order valence-corrected chi connectivity index (χ4v) is 1.11. The Balaban J connectivity index is 3.21. The molecule has 14 heavy (non-hydrogen) atoms. The van der Waals surface area contributed by atoms with Gasteiger partial charge in [-0.05, 0) is 6.07 Å². The van der Waals surface area contributed by atoms with Gasteiger partial charge in [-0.15, -0.1) is 0 Å². The topological polar surface area (TPSA) is 50.2 Å². The van der Waals surface area contributed by atoms with E-state index in [2.05, 4.69) is 4.98 Å². The highest BCUT2D eigenvalue weighted by Crippen LogP contribution is 2.22. The summed E-state index contributed by atoms with van der Waals surface area (Å²) in [5.41, 5.74) is -0.265. The van der Waals surface area contributed by atoms with Crippen LogP contribution in [0.2, 0.25) is 0 Å². The Hall–Kier alpha value is -1.45. The number of hydrogen-bond acceptors (Lipinski definition) is 2. The van der Waals surface area contributed by atoms with Crippen LogP contribution in [-0.2, 0) is 5.41 Å². The molecular weight excluding hydrogens is 185 g/mol. The van der Waals surface area contributed by atoms with Crippen LogP contribution in [0, 0.1) is 5.82 Å². The molecule has 76 valence electrons. The third-order valence-electron chi connectivity index (χ3n) is 1.80. The molecule has 0 radical (unpaired) electrons. The Labute approximate surface area is 81.6 Å². The molecule has 1 aromatic rings. The van der Waals surface area contributed by atoms with Crippen molar-refractivity contribution < 1.29 is 14.3 Å². The summed E-state index contributed by atoms with van der Waals surface area (Å²) >= 11 is 0. The maximum atomic E-state index is 13.4. The minimum Gasteiger partial charge on any atom is -0.478 e. The first-order valence-corrected chi connectivity index (χ1v) is 4.21.